The number of halogens is 1. The highest BCUT2D eigenvalue weighted by molar-refractivity contribution is 9.10. The number of hydrogen-bond acceptors (Lipinski definition) is 6. The number of benzene rings is 1. The number of aromatic nitrogens is 3. The predicted molar refractivity (Wildman–Crippen MR) is 111 cm³/mol. The van der Waals surface area contributed by atoms with Crippen LogP contribution in [-0.2, 0) is 0 Å². The average Bonchev–Trinajstić information content (AvgIpc) is 3.42. The number of thiophene rings is 1. The third kappa shape index (κ3) is 3.05. The van der Waals surface area contributed by atoms with Crippen LogP contribution in [-0.4, -0.2) is 14.6 Å². The lowest BCUT2D eigenvalue weighted by Gasteiger charge is -1.96. The number of rotatable bonds is 3. The van der Waals surface area contributed by atoms with E-state index >= 15 is 0 Å². The third-order valence-corrected chi connectivity index (χ3v) is 6.25. The molecular formula is C19H10BrN3O2S2. The van der Waals surface area contributed by atoms with Gasteiger partial charge in [0.05, 0.1) is 4.88 Å². The second-order valence-electron chi connectivity index (χ2n) is 5.74. The minimum Gasteiger partial charge on any atom is -0.457 e. The fraction of sp³-hybridized carbons (Fsp3) is 0. The predicted octanol–water partition coefficient (Wildman–Crippen LogP) is 4.45. The number of nitrogens with zero attached hydrogens (tertiary/aromatic N) is 3. The van der Waals surface area contributed by atoms with Crippen LogP contribution in [0.5, 0.6) is 0 Å². The largest absolute Gasteiger partial charge is 0.457 e. The molecule has 0 aliphatic rings. The minimum absolute atomic E-state index is 0.189. The van der Waals surface area contributed by atoms with Gasteiger partial charge >= 0.3 is 0 Å². The standard InChI is InChI=1S/C19H10BrN3O2S2/c20-12-4-1-3-11(9-12)14-7-6-13(25-14)10-16-18(24)23-19(27-16)21-17(22-23)15-5-2-8-26-15/h1-10H. The van der Waals surface area contributed by atoms with Gasteiger partial charge in [-0.1, -0.05) is 45.5 Å². The number of furan rings is 1. The molecule has 0 aliphatic carbocycles. The molecule has 0 aliphatic heterocycles. The maximum absolute atomic E-state index is 12.6. The monoisotopic (exact) mass is 455 g/mol. The van der Waals surface area contributed by atoms with Crippen LogP contribution in [0.3, 0.4) is 0 Å². The van der Waals surface area contributed by atoms with E-state index in [2.05, 4.69) is 26.0 Å². The van der Waals surface area contributed by atoms with Crippen LogP contribution in [0.15, 0.2) is 67.6 Å². The van der Waals surface area contributed by atoms with E-state index in [4.69, 9.17) is 4.42 Å². The van der Waals surface area contributed by atoms with Crippen molar-refractivity contribution in [2.24, 2.45) is 0 Å². The summed E-state index contributed by atoms with van der Waals surface area (Å²) in [6.45, 7) is 0. The molecule has 0 bridgehead atoms. The molecule has 0 atom stereocenters. The summed E-state index contributed by atoms with van der Waals surface area (Å²) in [7, 11) is 0. The fourth-order valence-corrected chi connectivity index (χ4v) is 4.64. The van der Waals surface area contributed by atoms with Gasteiger partial charge in [0.2, 0.25) is 4.96 Å². The van der Waals surface area contributed by atoms with Gasteiger partial charge in [0.15, 0.2) is 5.82 Å². The van der Waals surface area contributed by atoms with E-state index in [0.717, 1.165) is 20.7 Å². The van der Waals surface area contributed by atoms with Gasteiger partial charge in [-0.25, -0.2) is 0 Å². The molecule has 0 saturated heterocycles. The summed E-state index contributed by atoms with van der Waals surface area (Å²) < 4.78 is 8.75. The van der Waals surface area contributed by atoms with Crippen molar-refractivity contribution in [1.29, 1.82) is 0 Å². The van der Waals surface area contributed by atoms with Crippen molar-refractivity contribution in [2.75, 3.05) is 0 Å². The first-order chi connectivity index (χ1) is 13.2. The second kappa shape index (κ2) is 6.56. The molecule has 0 unspecified atom stereocenters. The van der Waals surface area contributed by atoms with Crippen LogP contribution in [0.25, 0.3) is 33.1 Å². The van der Waals surface area contributed by atoms with Gasteiger partial charge in [0.25, 0.3) is 5.56 Å². The van der Waals surface area contributed by atoms with Crippen molar-refractivity contribution in [3.63, 3.8) is 0 Å². The molecule has 1 aromatic carbocycles. The van der Waals surface area contributed by atoms with Gasteiger partial charge in [0, 0.05) is 16.1 Å². The van der Waals surface area contributed by atoms with E-state index < -0.39 is 0 Å². The Balaban J connectivity index is 1.54. The molecule has 4 aromatic heterocycles. The molecule has 0 radical (unpaired) electrons. The lowest BCUT2D eigenvalue weighted by Crippen LogP contribution is -2.23. The van der Waals surface area contributed by atoms with Crippen LogP contribution < -0.4 is 10.1 Å². The summed E-state index contributed by atoms with van der Waals surface area (Å²) in [5, 5.41) is 6.30. The van der Waals surface area contributed by atoms with Gasteiger partial charge in [-0.05, 0) is 35.7 Å². The molecule has 0 saturated carbocycles. The molecule has 0 N–H and O–H groups in total. The fourth-order valence-electron chi connectivity index (χ4n) is 2.70. The third-order valence-electron chi connectivity index (χ3n) is 3.93. The van der Waals surface area contributed by atoms with E-state index in [9.17, 15) is 4.79 Å². The van der Waals surface area contributed by atoms with Crippen LogP contribution >= 0.6 is 38.6 Å². The Morgan fingerprint density at radius 1 is 1.15 bits per heavy atom. The van der Waals surface area contributed by atoms with E-state index in [1.54, 1.807) is 17.4 Å². The summed E-state index contributed by atoms with van der Waals surface area (Å²) >= 11 is 6.31. The zero-order chi connectivity index (χ0) is 18.4. The Morgan fingerprint density at radius 3 is 2.85 bits per heavy atom. The molecule has 0 spiro atoms. The zero-order valence-electron chi connectivity index (χ0n) is 13.6. The van der Waals surface area contributed by atoms with Crippen molar-refractivity contribution in [3.8, 4) is 22.0 Å². The highest BCUT2D eigenvalue weighted by atomic mass is 79.9. The van der Waals surface area contributed by atoms with Crippen LogP contribution in [0.2, 0.25) is 0 Å². The van der Waals surface area contributed by atoms with Gasteiger partial charge < -0.3 is 4.42 Å². The summed E-state index contributed by atoms with van der Waals surface area (Å²) in [6.07, 6.45) is 1.73. The van der Waals surface area contributed by atoms with Crippen molar-refractivity contribution < 1.29 is 4.42 Å². The first-order valence-corrected chi connectivity index (χ1v) is 10.5. The molecule has 5 aromatic rings. The maximum atomic E-state index is 12.6. The summed E-state index contributed by atoms with van der Waals surface area (Å²) in [6, 6.07) is 15.5. The smallest absolute Gasteiger partial charge is 0.291 e. The average molecular weight is 456 g/mol. The molecule has 4 heterocycles. The normalized spacial score (nSPS) is 12.3. The number of thiazole rings is 1. The highest BCUT2D eigenvalue weighted by Crippen LogP contribution is 2.25. The molecule has 132 valence electrons. The molecule has 27 heavy (non-hydrogen) atoms. The molecule has 5 rings (SSSR count). The van der Waals surface area contributed by atoms with E-state index in [1.165, 1.54) is 15.9 Å². The summed E-state index contributed by atoms with van der Waals surface area (Å²) in [5.74, 6) is 1.94. The van der Waals surface area contributed by atoms with Gasteiger partial charge in [-0.15, -0.1) is 16.4 Å². The number of fused-ring (bicyclic) bond motifs is 1. The van der Waals surface area contributed by atoms with Crippen LogP contribution in [0.1, 0.15) is 5.76 Å². The Kier molecular flexibility index (Phi) is 4.04. The first kappa shape index (κ1) is 16.6. The lowest BCUT2D eigenvalue weighted by atomic mass is 10.2. The van der Waals surface area contributed by atoms with Crippen molar-refractivity contribution in [3.05, 3.63) is 79.0 Å². The SMILES string of the molecule is O=c1c(=Cc2ccc(-c3cccc(Br)c3)o2)sc2nc(-c3cccs3)nn12. The molecule has 5 nitrogen and oxygen atoms in total. The summed E-state index contributed by atoms with van der Waals surface area (Å²) in [5.41, 5.74) is 0.778. The quantitative estimate of drug-likeness (QED) is 0.403. The van der Waals surface area contributed by atoms with E-state index in [-0.39, 0.29) is 5.56 Å². The zero-order valence-corrected chi connectivity index (χ0v) is 16.8. The van der Waals surface area contributed by atoms with Gasteiger partial charge in [-0.2, -0.15) is 9.50 Å². The van der Waals surface area contributed by atoms with Crippen molar-refractivity contribution in [1.82, 2.24) is 14.6 Å². The lowest BCUT2D eigenvalue weighted by molar-refractivity contribution is 0.571. The Labute approximate surface area is 169 Å². The van der Waals surface area contributed by atoms with E-state index in [0.29, 0.717) is 21.1 Å². The highest BCUT2D eigenvalue weighted by Gasteiger charge is 2.13. The second-order valence-corrected chi connectivity index (χ2v) is 8.61. The Morgan fingerprint density at radius 2 is 2.07 bits per heavy atom. The van der Waals surface area contributed by atoms with Gasteiger partial charge in [0.1, 0.15) is 16.1 Å². The van der Waals surface area contributed by atoms with Crippen LogP contribution in [0.4, 0.5) is 0 Å². The Bertz CT molecular complexity index is 1370. The number of hydrogen-bond donors (Lipinski definition) is 0. The Hall–Kier alpha value is -2.55. The van der Waals surface area contributed by atoms with Crippen LogP contribution in [0, 0.1) is 0 Å². The molecule has 0 fully saturated rings. The maximum Gasteiger partial charge on any atom is 0.291 e. The molecule has 8 heteroatoms. The summed E-state index contributed by atoms with van der Waals surface area (Å²) in [4.78, 5) is 18.6. The van der Waals surface area contributed by atoms with Crippen molar-refractivity contribution in [2.45, 2.75) is 0 Å². The topological polar surface area (TPSA) is 60.4 Å². The molecule has 0 amide bonds. The van der Waals surface area contributed by atoms with E-state index in [1.807, 2.05) is 53.9 Å². The molecular weight excluding hydrogens is 446 g/mol. The first-order valence-electron chi connectivity index (χ1n) is 7.98. The van der Waals surface area contributed by atoms with Gasteiger partial charge in [-0.3, -0.25) is 4.79 Å². The minimum atomic E-state index is -0.189. The van der Waals surface area contributed by atoms with Crippen molar-refractivity contribution >= 4 is 49.6 Å².